The summed E-state index contributed by atoms with van der Waals surface area (Å²) < 4.78 is 4.91. The number of esters is 1. The summed E-state index contributed by atoms with van der Waals surface area (Å²) in [7, 11) is 1.40. The van der Waals surface area contributed by atoms with Crippen LogP contribution in [-0.2, 0) is 20.7 Å². The van der Waals surface area contributed by atoms with E-state index in [0.29, 0.717) is 32.5 Å². The third-order valence-electron chi connectivity index (χ3n) is 5.85. The lowest BCUT2D eigenvalue weighted by atomic mass is 10.0. The molecule has 9 heteroatoms. The molecule has 1 aromatic carbocycles. The first-order chi connectivity index (χ1) is 15.4. The summed E-state index contributed by atoms with van der Waals surface area (Å²) in [6, 6.07) is 7.84. The number of likely N-dealkylation sites (tertiary alicyclic amines) is 1. The highest BCUT2D eigenvalue weighted by atomic mass is 16.6. The Hall–Kier alpha value is -2.94. The lowest BCUT2D eigenvalue weighted by Crippen LogP contribution is -2.52. The third kappa shape index (κ3) is 6.78. The van der Waals surface area contributed by atoms with Gasteiger partial charge in [-0.15, -0.1) is 0 Å². The molecule has 2 aliphatic rings. The summed E-state index contributed by atoms with van der Waals surface area (Å²) in [6.45, 7) is 1.77. The van der Waals surface area contributed by atoms with Crippen LogP contribution in [-0.4, -0.2) is 79.0 Å². The van der Waals surface area contributed by atoms with Crippen LogP contribution in [0.4, 0.5) is 9.59 Å². The average molecular weight is 445 g/mol. The summed E-state index contributed by atoms with van der Waals surface area (Å²) in [5.74, 6) is -0.962. The van der Waals surface area contributed by atoms with Crippen LogP contribution in [0.3, 0.4) is 0 Å². The molecule has 3 amide bonds. The van der Waals surface area contributed by atoms with Crippen LogP contribution >= 0.6 is 0 Å². The highest BCUT2D eigenvalue weighted by Crippen LogP contribution is 2.11. The van der Waals surface area contributed by atoms with Gasteiger partial charge in [0.2, 0.25) is 0 Å². The monoisotopic (exact) mass is 444 g/mol. The second-order valence-corrected chi connectivity index (χ2v) is 8.40. The van der Waals surface area contributed by atoms with E-state index in [1.54, 1.807) is 4.90 Å². The van der Waals surface area contributed by atoms with E-state index in [1.165, 1.54) is 7.05 Å². The largest absolute Gasteiger partial charge is 0.417 e. The molecule has 32 heavy (non-hydrogen) atoms. The van der Waals surface area contributed by atoms with Crippen molar-refractivity contribution in [3.05, 3.63) is 35.9 Å². The maximum absolute atomic E-state index is 13.0. The van der Waals surface area contributed by atoms with Gasteiger partial charge in [0.15, 0.2) is 5.78 Å². The van der Waals surface area contributed by atoms with Gasteiger partial charge in [0.25, 0.3) is 0 Å². The minimum Gasteiger partial charge on any atom is -0.375 e. The van der Waals surface area contributed by atoms with Crippen molar-refractivity contribution in [2.24, 2.45) is 0 Å². The van der Waals surface area contributed by atoms with E-state index < -0.39 is 24.1 Å². The zero-order valence-corrected chi connectivity index (χ0v) is 18.5. The van der Waals surface area contributed by atoms with Gasteiger partial charge in [0.1, 0.15) is 6.04 Å². The molecule has 0 aromatic heterocycles. The molecule has 174 valence electrons. The number of nitrogens with zero attached hydrogens (tertiary/aromatic N) is 2. The summed E-state index contributed by atoms with van der Waals surface area (Å²) in [6.07, 6.45) is 3.90. The standard InChI is InChI=1S/C23H32N4O5/c1-26(23(31)32-21(29)18-11-8-12-24-18)16-20(28)19(15-17-9-4-2-5-10-17)25-22(30)27-13-6-3-7-14-27/h2,4-5,9-10,18-19,24H,3,6-8,11-16H2,1H3,(H,25,30)/t18-,19?/m0/s1. The molecular formula is C23H32N4O5. The number of urea groups is 1. The van der Waals surface area contributed by atoms with Crippen molar-refractivity contribution < 1.29 is 23.9 Å². The fourth-order valence-corrected chi connectivity index (χ4v) is 3.96. The minimum absolute atomic E-state index is 0.272. The Kier molecular flexibility index (Phi) is 8.61. The summed E-state index contributed by atoms with van der Waals surface area (Å²) in [5, 5.41) is 5.82. The molecule has 2 saturated heterocycles. The zero-order valence-electron chi connectivity index (χ0n) is 18.5. The Bertz CT molecular complexity index is 804. The topological polar surface area (TPSA) is 108 Å². The van der Waals surface area contributed by atoms with Crippen LogP contribution in [0.2, 0.25) is 0 Å². The van der Waals surface area contributed by atoms with Crippen LogP contribution in [0.25, 0.3) is 0 Å². The molecule has 2 fully saturated rings. The molecule has 0 spiro atoms. The quantitative estimate of drug-likeness (QED) is 0.490. The smallest absolute Gasteiger partial charge is 0.375 e. The maximum Gasteiger partial charge on any atom is 0.417 e. The predicted octanol–water partition coefficient (Wildman–Crippen LogP) is 1.71. The number of ketones is 1. The first kappa shape index (κ1) is 23.7. The molecule has 2 N–H and O–H groups in total. The van der Waals surface area contributed by atoms with Crippen molar-refractivity contribution in [2.45, 2.75) is 50.6 Å². The van der Waals surface area contributed by atoms with E-state index in [9.17, 15) is 19.2 Å². The van der Waals surface area contributed by atoms with Crippen LogP contribution in [0, 0.1) is 0 Å². The Balaban J connectivity index is 1.60. The van der Waals surface area contributed by atoms with Gasteiger partial charge in [-0.3, -0.25) is 4.79 Å². The van der Waals surface area contributed by atoms with Crippen molar-refractivity contribution in [3.63, 3.8) is 0 Å². The predicted molar refractivity (Wildman–Crippen MR) is 118 cm³/mol. The minimum atomic E-state index is -0.877. The van der Waals surface area contributed by atoms with Crippen LogP contribution in [0.1, 0.15) is 37.7 Å². The van der Waals surface area contributed by atoms with E-state index in [0.717, 1.165) is 36.1 Å². The number of carbonyl (C=O) groups excluding carboxylic acids is 4. The number of amides is 3. The van der Waals surface area contributed by atoms with Crippen molar-refractivity contribution in [2.75, 3.05) is 33.2 Å². The van der Waals surface area contributed by atoms with Gasteiger partial charge in [0, 0.05) is 20.1 Å². The van der Waals surface area contributed by atoms with Crippen molar-refractivity contribution in [3.8, 4) is 0 Å². The second-order valence-electron chi connectivity index (χ2n) is 8.40. The molecule has 0 radical (unpaired) electrons. The molecule has 2 atom stereocenters. The summed E-state index contributed by atoms with van der Waals surface area (Å²) in [5.41, 5.74) is 0.900. The molecule has 1 aromatic rings. The van der Waals surface area contributed by atoms with Gasteiger partial charge in [-0.05, 0) is 50.6 Å². The SMILES string of the molecule is CN(CC(=O)C(Cc1ccccc1)NC(=O)N1CCCCC1)C(=O)OC(=O)[C@@H]1CCCN1. The number of likely N-dealkylation sites (N-methyl/N-ethyl adjacent to an activating group) is 1. The number of nitrogens with one attached hydrogen (secondary N) is 2. The van der Waals surface area contributed by atoms with Crippen LogP contribution < -0.4 is 10.6 Å². The number of hydrogen-bond acceptors (Lipinski definition) is 6. The lowest BCUT2D eigenvalue weighted by Gasteiger charge is -2.29. The second kappa shape index (κ2) is 11.6. The maximum atomic E-state index is 13.0. The Morgan fingerprint density at radius 3 is 2.50 bits per heavy atom. The van der Waals surface area contributed by atoms with Crippen molar-refractivity contribution in [1.29, 1.82) is 0 Å². The van der Waals surface area contributed by atoms with Gasteiger partial charge >= 0.3 is 18.1 Å². The zero-order chi connectivity index (χ0) is 22.9. The number of ether oxygens (including phenoxy) is 1. The van der Waals surface area contributed by atoms with E-state index in [1.807, 2.05) is 30.3 Å². The average Bonchev–Trinajstić information content (AvgIpc) is 3.35. The van der Waals surface area contributed by atoms with Gasteiger partial charge in [-0.2, -0.15) is 0 Å². The highest BCUT2D eigenvalue weighted by Gasteiger charge is 2.30. The first-order valence-corrected chi connectivity index (χ1v) is 11.3. The number of rotatable bonds is 7. The molecule has 1 unspecified atom stereocenters. The summed E-state index contributed by atoms with van der Waals surface area (Å²) in [4.78, 5) is 52.9. The molecule has 0 bridgehead atoms. The fraction of sp³-hybridized carbons (Fsp3) is 0.565. The fourth-order valence-electron chi connectivity index (χ4n) is 3.96. The summed E-state index contributed by atoms with van der Waals surface area (Å²) >= 11 is 0. The third-order valence-corrected chi connectivity index (χ3v) is 5.85. The van der Waals surface area contributed by atoms with E-state index in [4.69, 9.17) is 4.74 Å². The normalized spacial score (nSPS) is 19.2. The lowest BCUT2D eigenvalue weighted by molar-refractivity contribution is -0.140. The van der Waals surface area contributed by atoms with E-state index >= 15 is 0 Å². The molecular weight excluding hydrogens is 412 g/mol. The first-order valence-electron chi connectivity index (χ1n) is 11.3. The Morgan fingerprint density at radius 2 is 1.84 bits per heavy atom. The number of carbonyl (C=O) groups is 4. The Morgan fingerprint density at radius 1 is 1.12 bits per heavy atom. The number of piperidine rings is 1. The molecule has 9 nitrogen and oxygen atoms in total. The van der Waals surface area contributed by atoms with Gasteiger partial charge < -0.3 is 25.2 Å². The van der Waals surface area contributed by atoms with Crippen molar-refractivity contribution in [1.82, 2.24) is 20.4 Å². The molecule has 0 aliphatic carbocycles. The number of benzene rings is 1. The number of hydrogen-bond donors (Lipinski definition) is 2. The highest BCUT2D eigenvalue weighted by molar-refractivity contribution is 5.93. The van der Waals surface area contributed by atoms with Gasteiger partial charge in [-0.25, -0.2) is 14.4 Å². The molecule has 0 saturated carbocycles. The van der Waals surface area contributed by atoms with Gasteiger partial charge in [-0.1, -0.05) is 30.3 Å². The molecule has 3 rings (SSSR count). The van der Waals surface area contributed by atoms with Crippen molar-refractivity contribution >= 4 is 23.9 Å². The van der Waals surface area contributed by atoms with Gasteiger partial charge in [0.05, 0.1) is 12.6 Å². The number of Topliss-reactive ketones (excluding diaryl/α,β-unsaturated/α-hetero) is 1. The van der Waals surface area contributed by atoms with E-state index in [2.05, 4.69) is 10.6 Å². The van der Waals surface area contributed by atoms with E-state index in [-0.39, 0.29) is 18.4 Å². The molecule has 2 aliphatic heterocycles. The van der Waals surface area contributed by atoms with Crippen LogP contribution in [0.15, 0.2) is 30.3 Å². The molecule has 2 heterocycles. The van der Waals surface area contributed by atoms with Crippen LogP contribution in [0.5, 0.6) is 0 Å². The Labute approximate surface area is 188 Å².